The number of amides is 1. The number of carbonyl (C=O) groups excluding carboxylic acids is 1. The molecular formula is C17H28N4O2. The Kier molecular flexibility index (Phi) is 5.02. The first-order chi connectivity index (χ1) is 11.0. The minimum atomic E-state index is -0.637. The zero-order valence-electron chi connectivity index (χ0n) is 14.0. The molecule has 2 fully saturated rings. The minimum Gasteiger partial charge on any atom is -0.388 e. The first-order valence-electron chi connectivity index (χ1n) is 8.73. The summed E-state index contributed by atoms with van der Waals surface area (Å²) < 4.78 is 0. The van der Waals surface area contributed by atoms with E-state index >= 15 is 0 Å². The number of carbonyl (C=O) groups is 1. The van der Waals surface area contributed by atoms with Crippen molar-refractivity contribution in [3.05, 3.63) is 18.0 Å². The van der Waals surface area contributed by atoms with E-state index in [-0.39, 0.29) is 5.91 Å². The van der Waals surface area contributed by atoms with E-state index in [0.717, 1.165) is 26.1 Å². The van der Waals surface area contributed by atoms with Gasteiger partial charge in [-0.05, 0) is 50.6 Å². The molecule has 2 N–H and O–H groups in total. The van der Waals surface area contributed by atoms with Crippen LogP contribution in [0.25, 0.3) is 0 Å². The summed E-state index contributed by atoms with van der Waals surface area (Å²) in [6.45, 7) is 5.80. The fraction of sp³-hybridized carbons (Fsp3) is 0.765. The molecule has 3 heterocycles. The summed E-state index contributed by atoms with van der Waals surface area (Å²) in [7, 11) is 0. The molecule has 128 valence electrons. The normalized spacial score (nSPS) is 25.5. The lowest BCUT2D eigenvalue weighted by Crippen LogP contribution is -2.53. The molecule has 0 aromatic carbocycles. The van der Waals surface area contributed by atoms with Crippen molar-refractivity contribution in [2.24, 2.45) is 5.92 Å². The van der Waals surface area contributed by atoms with Crippen molar-refractivity contribution in [3.8, 4) is 0 Å². The van der Waals surface area contributed by atoms with Crippen molar-refractivity contribution >= 4 is 5.91 Å². The number of aliphatic hydroxyl groups is 1. The van der Waals surface area contributed by atoms with Gasteiger partial charge in [-0.3, -0.25) is 9.89 Å². The van der Waals surface area contributed by atoms with Crippen molar-refractivity contribution in [1.82, 2.24) is 20.0 Å². The number of likely N-dealkylation sites (tertiary alicyclic amines) is 2. The number of aromatic nitrogens is 2. The van der Waals surface area contributed by atoms with Gasteiger partial charge in [-0.15, -0.1) is 0 Å². The van der Waals surface area contributed by atoms with Crippen LogP contribution in [0.2, 0.25) is 0 Å². The van der Waals surface area contributed by atoms with Crippen LogP contribution in [0.4, 0.5) is 0 Å². The molecule has 0 radical (unpaired) electrons. The number of aromatic amines is 1. The van der Waals surface area contributed by atoms with Crippen LogP contribution >= 0.6 is 0 Å². The standard InChI is InChI=1S/C17H28N4O2/c1-14(22)21-9-5-17(23,6-10-21)13-20-8-2-3-15(12-20)11-16-4-7-18-19-16/h4,7,15,23H,2-3,5-6,8-13H2,1H3,(H,18,19)/t15-/m1/s1. The quantitative estimate of drug-likeness (QED) is 0.869. The zero-order chi connectivity index (χ0) is 16.3. The van der Waals surface area contributed by atoms with Crippen molar-refractivity contribution < 1.29 is 9.90 Å². The van der Waals surface area contributed by atoms with E-state index in [1.165, 1.54) is 18.5 Å². The Morgan fingerprint density at radius 1 is 1.43 bits per heavy atom. The Labute approximate surface area is 137 Å². The second kappa shape index (κ2) is 7.01. The molecule has 2 saturated heterocycles. The van der Waals surface area contributed by atoms with Crippen LogP contribution in [-0.2, 0) is 11.2 Å². The third kappa shape index (κ3) is 4.32. The highest BCUT2D eigenvalue weighted by atomic mass is 16.3. The van der Waals surface area contributed by atoms with Crippen molar-refractivity contribution in [3.63, 3.8) is 0 Å². The largest absolute Gasteiger partial charge is 0.388 e. The predicted molar refractivity (Wildman–Crippen MR) is 87.9 cm³/mol. The molecular weight excluding hydrogens is 292 g/mol. The maximum atomic E-state index is 11.4. The molecule has 3 rings (SSSR count). The van der Waals surface area contributed by atoms with Gasteiger partial charge in [0.2, 0.25) is 5.91 Å². The fourth-order valence-corrected chi connectivity index (χ4v) is 3.98. The first kappa shape index (κ1) is 16.5. The molecule has 6 nitrogen and oxygen atoms in total. The lowest BCUT2D eigenvalue weighted by atomic mass is 9.88. The number of rotatable bonds is 4. The van der Waals surface area contributed by atoms with E-state index in [1.807, 2.05) is 11.0 Å². The van der Waals surface area contributed by atoms with E-state index < -0.39 is 5.60 Å². The lowest BCUT2D eigenvalue weighted by molar-refractivity contribution is -0.133. The van der Waals surface area contributed by atoms with Gasteiger partial charge in [0.1, 0.15) is 0 Å². The highest BCUT2D eigenvalue weighted by Crippen LogP contribution is 2.27. The molecule has 1 aromatic rings. The monoisotopic (exact) mass is 320 g/mol. The zero-order valence-corrected chi connectivity index (χ0v) is 14.0. The van der Waals surface area contributed by atoms with E-state index in [1.54, 1.807) is 13.1 Å². The number of β-amino-alcohol motifs (C(OH)–C–C–N with tert-alkyl or cyclic N) is 1. The van der Waals surface area contributed by atoms with Crippen LogP contribution in [-0.4, -0.2) is 69.3 Å². The Balaban J connectivity index is 1.50. The molecule has 2 aliphatic heterocycles. The first-order valence-corrected chi connectivity index (χ1v) is 8.73. The summed E-state index contributed by atoms with van der Waals surface area (Å²) in [5.74, 6) is 0.745. The number of piperidine rings is 2. The van der Waals surface area contributed by atoms with E-state index in [4.69, 9.17) is 0 Å². The fourth-order valence-electron chi connectivity index (χ4n) is 3.98. The van der Waals surface area contributed by atoms with Gasteiger partial charge in [0, 0.05) is 45.0 Å². The third-order valence-corrected chi connectivity index (χ3v) is 5.33. The van der Waals surface area contributed by atoms with Crippen molar-refractivity contribution in [1.29, 1.82) is 0 Å². The average molecular weight is 320 g/mol. The van der Waals surface area contributed by atoms with Gasteiger partial charge in [0.15, 0.2) is 0 Å². The molecule has 1 amide bonds. The summed E-state index contributed by atoms with van der Waals surface area (Å²) >= 11 is 0. The number of H-pyrrole nitrogens is 1. The van der Waals surface area contributed by atoms with Crippen LogP contribution < -0.4 is 0 Å². The molecule has 0 unspecified atom stereocenters. The Morgan fingerprint density at radius 3 is 2.87 bits per heavy atom. The summed E-state index contributed by atoms with van der Waals surface area (Å²) in [5.41, 5.74) is 0.562. The second-order valence-electron chi connectivity index (χ2n) is 7.26. The van der Waals surface area contributed by atoms with Gasteiger partial charge in [0.05, 0.1) is 5.60 Å². The van der Waals surface area contributed by atoms with Gasteiger partial charge < -0.3 is 14.9 Å². The van der Waals surface area contributed by atoms with Gasteiger partial charge >= 0.3 is 0 Å². The summed E-state index contributed by atoms with van der Waals surface area (Å²) in [6.07, 6.45) is 6.65. The van der Waals surface area contributed by atoms with Crippen molar-refractivity contribution in [2.75, 3.05) is 32.7 Å². The van der Waals surface area contributed by atoms with Gasteiger partial charge in [-0.25, -0.2) is 0 Å². The molecule has 1 aromatic heterocycles. The molecule has 1 atom stereocenters. The average Bonchev–Trinajstić information content (AvgIpc) is 3.00. The summed E-state index contributed by atoms with van der Waals surface area (Å²) in [4.78, 5) is 15.7. The Morgan fingerprint density at radius 2 is 2.22 bits per heavy atom. The predicted octanol–water partition coefficient (Wildman–Crippen LogP) is 1.04. The van der Waals surface area contributed by atoms with E-state index in [2.05, 4.69) is 15.1 Å². The smallest absolute Gasteiger partial charge is 0.219 e. The molecule has 2 aliphatic rings. The minimum absolute atomic E-state index is 0.115. The number of nitrogens with one attached hydrogen (secondary N) is 1. The molecule has 0 saturated carbocycles. The molecule has 0 spiro atoms. The maximum Gasteiger partial charge on any atom is 0.219 e. The summed E-state index contributed by atoms with van der Waals surface area (Å²) in [5, 5.41) is 17.9. The molecule has 0 bridgehead atoms. The third-order valence-electron chi connectivity index (χ3n) is 5.33. The van der Waals surface area contributed by atoms with Gasteiger partial charge in [-0.2, -0.15) is 5.10 Å². The number of hydrogen-bond donors (Lipinski definition) is 2. The Bertz CT molecular complexity index is 509. The topological polar surface area (TPSA) is 72.5 Å². The lowest BCUT2D eigenvalue weighted by Gasteiger charge is -2.42. The van der Waals surface area contributed by atoms with E-state index in [0.29, 0.717) is 31.8 Å². The van der Waals surface area contributed by atoms with Gasteiger partial charge in [-0.1, -0.05) is 0 Å². The second-order valence-corrected chi connectivity index (χ2v) is 7.26. The molecule has 6 heteroatoms. The highest BCUT2D eigenvalue weighted by molar-refractivity contribution is 5.73. The van der Waals surface area contributed by atoms with Crippen LogP contribution in [0, 0.1) is 5.92 Å². The van der Waals surface area contributed by atoms with Crippen LogP contribution in [0.3, 0.4) is 0 Å². The summed E-state index contributed by atoms with van der Waals surface area (Å²) in [6, 6.07) is 2.05. The van der Waals surface area contributed by atoms with Crippen molar-refractivity contribution in [2.45, 2.75) is 44.6 Å². The molecule has 23 heavy (non-hydrogen) atoms. The van der Waals surface area contributed by atoms with Gasteiger partial charge in [0.25, 0.3) is 0 Å². The van der Waals surface area contributed by atoms with Crippen LogP contribution in [0.5, 0.6) is 0 Å². The maximum absolute atomic E-state index is 11.4. The SMILES string of the molecule is CC(=O)N1CCC(O)(CN2CCC[C@H](Cc3ccn[nH]3)C2)CC1. The molecule has 0 aliphatic carbocycles. The number of hydrogen-bond acceptors (Lipinski definition) is 4. The number of nitrogens with zero attached hydrogens (tertiary/aromatic N) is 3. The Hall–Kier alpha value is -1.40. The van der Waals surface area contributed by atoms with E-state index in [9.17, 15) is 9.90 Å². The van der Waals surface area contributed by atoms with Crippen LogP contribution in [0.1, 0.15) is 38.3 Å². The van der Waals surface area contributed by atoms with Crippen LogP contribution in [0.15, 0.2) is 12.3 Å². The highest BCUT2D eigenvalue weighted by Gasteiger charge is 2.35.